The number of hydrogen-bond acceptors (Lipinski definition) is 2. The van der Waals surface area contributed by atoms with Crippen LogP contribution in [0.4, 0.5) is 5.69 Å². The minimum absolute atomic E-state index is 0.0955. The van der Waals surface area contributed by atoms with E-state index in [9.17, 15) is 9.59 Å². The van der Waals surface area contributed by atoms with E-state index in [0.717, 1.165) is 28.8 Å². The smallest absolute Gasteiger partial charge is 0.233 e. The van der Waals surface area contributed by atoms with Crippen LogP contribution in [0.2, 0.25) is 0 Å². The molecule has 0 aliphatic carbocycles. The number of rotatable bonds is 5. The van der Waals surface area contributed by atoms with Crippen LogP contribution in [0.1, 0.15) is 43.4 Å². The van der Waals surface area contributed by atoms with E-state index in [1.807, 2.05) is 46.8 Å². The molecule has 2 N–H and O–H groups in total. The molecule has 1 aromatic carbocycles. The zero-order valence-electron chi connectivity index (χ0n) is 13.0. The quantitative estimate of drug-likeness (QED) is 0.812. The Morgan fingerprint density at radius 1 is 1.10 bits per heavy atom. The Morgan fingerprint density at radius 3 is 2.15 bits per heavy atom. The second kappa shape index (κ2) is 7.08. The van der Waals surface area contributed by atoms with Gasteiger partial charge in [-0.1, -0.05) is 24.6 Å². The summed E-state index contributed by atoms with van der Waals surface area (Å²) in [6.07, 6.45) is 0.709. The fourth-order valence-electron chi connectivity index (χ4n) is 2.13. The van der Waals surface area contributed by atoms with E-state index in [1.165, 1.54) is 0 Å². The zero-order valence-corrected chi connectivity index (χ0v) is 13.0. The van der Waals surface area contributed by atoms with Gasteiger partial charge in [0.05, 0.1) is 0 Å². The molecule has 4 heteroatoms. The van der Waals surface area contributed by atoms with Gasteiger partial charge >= 0.3 is 0 Å². The highest BCUT2D eigenvalue weighted by Gasteiger charge is 2.13. The van der Waals surface area contributed by atoms with Crippen molar-refractivity contribution in [2.75, 3.05) is 5.32 Å². The van der Waals surface area contributed by atoms with Crippen LogP contribution in [-0.4, -0.2) is 17.9 Å². The van der Waals surface area contributed by atoms with Gasteiger partial charge in [-0.3, -0.25) is 9.59 Å². The summed E-state index contributed by atoms with van der Waals surface area (Å²) in [5.41, 5.74) is 3.99. The first-order valence-corrected chi connectivity index (χ1v) is 7.00. The summed E-state index contributed by atoms with van der Waals surface area (Å²) in [6.45, 7) is 9.84. The SMILES string of the molecule is CCC(C)NC(=O)CC(=O)Nc1c(C)cc(C)cc1C. The Morgan fingerprint density at radius 2 is 1.65 bits per heavy atom. The van der Waals surface area contributed by atoms with Crippen LogP contribution in [0.15, 0.2) is 12.1 Å². The lowest BCUT2D eigenvalue weighted by atomic mass is 10.0. The summed E-state index contributed by atoms with van der Waals surface area (Å²) < 4.78 is 0. The highest BCUT2D eigenvalue weighted by atomic mass is 16.2. The molecule has 110 valence electrons. The summed E-state index contributed by atoms with van der Waals surface area (Å²) in [7, 11) is 0. The number of carbonyl (C=O) groups excluding carboxylic acids is 2. The number of amides is 2. The van der Waals surface area contributed by atoms with Gasteiger partial charge < -0.3 is 10.6 Å². The lowest BCUT2D eigenvalue weighted by Gasteiger charge is -2.14. The largest absolute Gasteiger partial charge is 0.353 e. The minimum Gasteiger partial charge on any atom is -0.353 e. The standard InChI is InChI=1S/C16H24N2O2/c1-6-13(5)17-14(19)9-15(20)18-16-11(3)7-10(2)8-12(16)4/h7-8,13H,6,9H2,1-5H3,(H,17,19)(H,18,20). The van der Waals surface area contributed by atoms with Gasteiger partial charge in [-0.2, -0.15) is 0 Å². The lowest BCUT2D eigenvalue weighted by molar-refractivity contribution is -0.127. The molecule has 0 saturated carbocycles. The molecule has 0 radical (unpaired) electrons. The molecule has 20 heavy (non-hydrogen) atoms. The summed E-state index contributed by atoms with van der Waals surface area (Å²) >= 11 is 0. The monoisotopic (exact) mass is 276 g/mol. The molecule has 0 heterocycles. The van der Waals surface area contributed by atoms with Crippen molar-refractivity contribution in [1.29, 1.82) is 0 Å². The summed E-state index contributed by atoms with van der Waals surface area (Å²) in [4.78, 5) is 23.6. The Kier molecular flexibility index (Phi) is 5.74. The highest BCUT2D eigenvalue weighted by Crippen LogP contribution is 2.21. The fraction of sp³-hybridized carbons (Fsp3) is 0.500. The van der Waals surface area contributed by atoms with Crippen molar-refractivity contribution in [2.24, 2.45) is 0 Å². The molecule has 0 aliphatic rings. The highest BCUT2D eigenvalue weighted by molar-refractivity contribution is 6.04. The maximum Gasteiger partial charge on any atom is 0.233 e. The number of carbonyl (C=O) groups is 2. The number of anilines is 1. The van der Waals surface area contributed by atoms with Gasteiger partial charge in [0, 0.05) is 11.7 Å². The second-order valence-corrected chi connectivity index (χ2v) is 5.38. The predicted octanol–water partition coefficient (Wildman–Crippen LogP) is 2.86. The molecule has 0 aromatic heterocycles. The molecule has 0 aliphatic heterocycles. The number of nitrogens with one attached hydrogen (secondary N) is 2. The predicted molar refractivity (Wildman–Crippen MR) is 81.8 cm³/mol. The van der Waals surface area contributed by atoms with Crippen molar-refractivity contribution in [3.63, 3.8) is 0 Å². The van der Waals surface area contributed by atoms with Gasteiger partial charge in [-0.15, -0.1) is 0 Å². The second-order valence-electron chi connectivity index (χ2n) is 5.38. The molecule has 0 saturated heterocycles. The van der Waals surface area contributed by atoms with Gasteiger partial charge in [0.1, 0.15) is 6.42 Å². The maximum atomic E-state index is 11.9. The van der Waals surface area contributed by atoms with E-state index < -0.39 is 0 Å². The van der Waals surface area contributed by atoms with Crippen molar-refractivity contribution in [2.45, 2.75) is 53.5 Å². The molecule has 4 nitrogen and oxygen atoms in total. The van der Waals surface area contributed by atoms with Crippen molar-refractivity contribution in [1.82, 2.24) is 5.32 Å². The average molecular weight is 276 g/mol. The third-order valence-corrected chi connectivity index (χ3v) is 3.28. The van der Waals surface area contributed by atoms with Gasteiger partial charge in [0.2, 0.25) is 11.8 Å². The van der Waals surface area contributed by atoms with E-state index in [1.54, 1.807) is 0 Å². The van der Waals surface area contributed by atoms with Crippen molar-refractivity contribution < 1.29 is 9.59 Å². The maximum absolute atomic E-state index is 11.9. The van der Waals surface area contributed by atoms with E-state index in [0.29, 0.717) is 0 Å². The molecule has 1 rings (SSSR count). The van der Waals surface area contributed by atoms with Crippen molar-refractivity contribution in [3.05, 3.63) is 28.8 Å². The molecule has 0 spiro atoms. The summed E-state index contributed by atoms with van der Waals surface area (Å²) in [5, 5.41) is 5.61. The zero-order chi connectivity index (χ0) is 15.3. The Hall–Kier alpha value is -1.84. The normalized spacial score (nSPS) is 11.8. The van der Waals surface area contributed by atoms with Crippen molar-refractivity contribution in [3.8, 4) is 0 Å². The third-order valence-electron chi connectivity index (χ3n) is 3.28. The van der Waals surface area contributed by atoms with Crippen LogP contribution < -0.4 is 10.6 Å². The molecule has 1 unspecified atom stereocenters. The van der Waals surface area contributed by atoms with Crippen LogP contribution in [0.3, 0.4) is 0 Å². The van der Waals surface area contributed by atoms with Gasteiger partial charge in [-0.25, -0.2) is 0 Å². The Bertz CT molecular complexity index is 486. The lowest BCUT2D eigenvalue weighted by Crippen LogP contribution is -2.34. The number of aryl methyl sites for hydroxylation is 3. The molecule has 1 atom stereocenters. The van der Waals surface area contributed by atoms with Gasteiger partial charge in [0.25, 0.3) is 0 Å². The first kappa shape index (κ1) is 16.2. The molecule has 2 amide bonds. The number of benzene rings is 1. The van der Waals surface area contributed by atoms with E-state index >= 15 is 0 Å². The van der Waals surface area contributed by atoms with Crippen LogP contribution in [0.5, 0.6) is 0 Å². The van der Waals surface area contributed by atoms with E-state index in [2.05, 4.69) is 10.6 Å². The fourth-order valence-corrected chi connectivity index (χ4v) is 2.13. The topological polar surface area (TPSA) is 58.2 Å². The Labute approximate surface area is 121 Å². The van der Waals surface area contributed by atoms with Crippen LogP contribution >= 0.6 is 0 Å². The van der Waals surface area contributed by atoms with Crippen LogP contribution in [0.25, 0.3) is 0 Å². The van der Waals surface area contributed by atoms with Crippen LogP contribution in [-0.2, 0) is 9.59 Å². The van der Waals surface area contributed by atoms with E-state index in [-0.39, 0.29) is 24.3 Å². The van der Waals surface area contributed by atoms with Gasteiger partial charge in [0.15, 0.2) is 0 Å². The third kappa shape index (κ3) is 4.68. The number of hydrogen-bond donors (Lipinski definition) is 2. The van der Waals surface area contributed by atoms with Gasteiger partial charge in [-0.05, 0) is 45.2 Å². The van der Waals surface area contributed by atoms with Crippen LogP contribution in [0, 0.1) is 20.8 Å². The molecular formula is C16H24N2O2. The summed E-state index contributed by atoms with van der Waals surface area (Å²) in [5.74, 6) is -0.514. The first-order valence-electron chi connectivity index (χ1n) is 7.00. The first-order chi connectivity index (χ1) is 9.33. The molecule has 0 bridgehead atoms. The van der Waals surface area contributed by atoms with Crippen molar-refractivity contribution >= 4 is 17.5 Å². The Balaban J connectivity index is 2.66. The minimum atomic E-state index is -0.277. The summed E-state index contributed by atoms with van der Waals surface area (Å²) in [6, 6.07) is 4.13. The average Bonchev–Trinajstić information content (AvgIpc) is 2.33. The molecule has 1 aromatic rings. The molecule has 0 fully saturated rings. The molecular weight excluding hydrogens is 252 g/mol. The van der Waals surface area contributed by atoms with E-state index in [4.69, 9.17) is 0 Å².